The summed E-state index contributed by atoms with van der Waals surface area (Å²) in [6.45, 7) is 2.00. The highest BCUT2D eigenvalue weighted by molar-refractivity contribution is 6.09. The molecule has 6 rings (SSSR count). The summed E-state index contributed by atoms with van der Waals surface area (Å²) in [6, 6.07) is 25.5. The first-order valence-electron chi connectivity index (χ1n) is 13.0. The molecule has 2 amide bonds. The van der Waals surface area contributed by atoms with Crippen molar-refractivity contribution >= 4 is 28.9 Å². The fourth-order valence-electron chi connectivity index (χ4n) is 5.55. The van der Waals surface area contributed by atoms with E-state index in [-0.39, 0.29) is 24.2 Å². The molecular formula is C32H29N3O4. The van der Waals surface area contributed by atoms with Crippen LogP contribution in [-0.2, 0) is 4.79 Å². The van der Waals surface area contributed by atoms with Gasteiger partial charge in [-0.3, -0.25) is 9.69 Å². The molecule has 0 fully saturated rings. The number of allylic oxidation sites excluding steroid dienone is 1. The molecule has 1 aliphatic heterocycles. The summed E-state index contributed by atoms with van der Waals surface area (Å²) in [5.74, 6) is 1.24. The minimum atomic E-state index is -0.720. The molecule has 0 unspecified atom stereocenters. The van der Waals surface area contributed by atoms with Crippen molar-refractivity contribution in [3.05, 3.63) is 119 Å². The van der Waals surface area contributed by atoms with Gasteiger partial charge in [0.05, 0.1) is 30.8 Å². The summed E-state index contributed by atoms with van der Waals surface area (Å²) in [4.78, 5) is 29.9. The van der Waals surface area contributed by atoms with Gasteiger partial charge in [-0.15, -0.1) is 0 Å². The van der Waals surface area contributed by atoms with Gasteiger partial charge in [-0.2, -0.15) is 0 Å². The third-order valence-corrected chi connectivity index (χ3v) is 7.39. The fraction of sp³-hybridized carbons (Fsp3) is 0.188. The normalized spacial score (nSPS) is 18.5. The van der Waals surface area contributed by atoms with Crippen LogP contribution in [0.1, 0.15) is 41.7 Å². The first-order chi connectivity index (χ1) is 19.0. The number of fused-ring (bicyclic) bond motifs is 1. The number of rotatable bonds is 4. The van der Waals surface area contributed by atoms with E-state index >= 15 is 0 Å². The largest absolute Gasteiger partial charge is 0.496 e. The number of urea groups is 1. The summed E-state index contributed by atoms with van der Waals surface area (Å²) >= 11 is 0. The molecule has 4 aromatic rings. The number of anilines is 3. The Kier molecular flexibility index (Phi) is 6.40. The van der Waals surface area contributed by atoms with Crippen molar-refractivity contribution in [3.8, 4) is 5.75 Å². The lowest BCUT2D eigenvalue weighted by Crippen LogP contribution is -2.41. The average Bonchev–Trinajstić information content (AvgIpc) is 3.44. The Morgan fingerprint density at radius 2 is 1.74 bits per heavy atom. The highest BCUT2D eigenvalue weighted by atomic mass is 16.5. The van der Waals surface area contributed by atoms with Crippen LogP contribution in [0, 0.1) is 6.92 Å². The monoisotopic (exact) mass is 519 g/mol. The van der Waals surface area contributed by atoms with Gasteiger partial charge in [-0.25, -0.2) is 4.79 Å². The van der Waals surface area contributed by atoms with Gasteiger partial charge in [0.1, 0.15) is 11.5 Å². The van der Waals surface area contributed by atoms with Gasteiger partial charge in [-0.1, -0.05) is 48.0 Å². The van der Waals surface area contributed by atoms with Gasteiger partial charge >= 0.3 is 6.03 Å². The molecule has 2 N–H and O–H groups in total. The summed E-state index contributed by atoms with van der Waals surface area (Å²) in [6.07, 6.45) is 2.49. The highest BCUT2D eigenvalue weighted by Gasteiger charge is 2.43. The highest BCUT2D eigenvalue weighted by Crippen LogP contribution is 2.49. The average molecular weight is 520 g/mol. The van der Waals surface area contributed by atoms with Crippen molar-refractivity contribution in [1.82, 2.24) is 0 Å². The Morgan fingerprint density at radius 3 is 2.51 bits per heavy atom. The molecule has 196 valence electrons. The Morgan fingerprint density at radius 1 is 0.974 bits per heavy atom. The molecule has 2 atom stereocenters. The lowest BCUT2D eigenvalue weighted by atomic mass is 9.80. The van der Waals surface area contributed by atoms with Crippen molar-refractivity contribution in [1.29, 1.82) is 0 Å². The van der Waals surface area contributed by atoms with E-state index in [0.717, 1.165) is 28.3 Å². The SMILES string of the molecule is COc1ccccc1[C@@H]1C2=C(C[C@@H](c3ccco3)CC2=O)Nc2ccccc2N1C(=O)Nc1ccc(C)cc1. The van der Waals surface area contributed by atoms with Crippen molar-refractivity contribution in [2.75, 3.05) is 22.6 Å². The zero-order chi connectivity index (χ0) is 26.9. The van der Waals surface area contributed by atoms with Crippen LogP contribution in [0.2, 0.25) is 0 Å². The molecule has 0 saturated carbocycles. The summed E-state index contributed by atoms with van der Waals surface area (Å²) < 4.78 is 11.4. The van der Waals surface area contributed by atoms with E-state index in [1.165, 1.54) is 0 Å². The van der Waals surface area contributed by atoms with Crippen LogP contribution in [0.15, 0.2) is 107 Å². The van der Waals surface area contributed by atoms with Crippen molar-refractivity contribution in [2.45, 2.75) is 31.7 Å². The molecular weight excluding hydrogens is 490 g/mol. The predicted octanol–water partition coefficient (Wildman–Crippen LogP) is 7.20. The molecule has 3 aromatic carbocycles. The fourth-order valence-corrected chi connectivity index (χ4v) is 5.55. The second-order valence-electron chi connectivity index (χ2n) is 9.89. The second kappa shape index (κ2) is 10.2. The number of benzene rings is 3. The van der Waals surface area contributed by atoms with Crippen molar-refractivity contribution in [2.24, 2.45) is 0 Å². The number of Topliss-reactive ketones (excluding diaryl/α,β-unsaturated/α-hetero) is 1. The van der Waals surface area contributed by atoms with E-state index in [1.807, 2.05) is 91.9 Å². The van der Waals surface area contributed by atoms with Gasteiger partial charge in [-0.05, 0) is 55.8 Å². The topological polar surface area (TPSA) is 83.8 Å². The van der Waals surface area contributed by atoms with Crippen LogP contribution in [0.3, 0.4) is 0 Å². The molecule has 2 heterocycles. The van der Waals surface area contributed by atoms with E-state index in [4.69, 9.17) is 9.15 Å². The van der Waals surface area contributed by atoms with Crippen LogP contribution in [0.5, 0.6) is 5.75 Å². The molecule has 0 bridgehead atoms. The first-order valence-corrected chi connectivity index (χ1v) is 13.0. The number of carbonyl (C=O) groups excluding carboxylic acids is 2. The van der Waals surface area contributed by atoms with Gasteiger partial charge in [0, 0.05) is 34.9 Å². The zero-order valence-electron chi connectivity index (χ0n) is 21.8. The maximum Gasteiger partial charge on any atom is 0.327 e. The summed E-state index contributed by atoms with van der Waals surface area (Å²) in [5.41, 5.74) is 5.23. The number of furan rings is 1. The number of methoxy groups -OCH3 is 1. The standard InChI is InChI=1S/C32H29N3O4/c1-20-13-15-22(16-14-20)33-32(37)35-26-10-5-4-9-24(26)34-25-18-21(28-12-7-17-39-28)19-27(36)30(25)31(35)23-8-3-6-11-29(23)38-2/h3-17,21,31,34H,18-19H2,1-2H3,(H,33,37)/t21-,31-/m1/s1. The number of nitrogens with one attached hydrogen (secondary N) is 2. The number of carbonyl (C=O) groups is 2. The summed E-state index contributed by atoms with van der Waals surface area (Å²) in [5, 5.41) is 6.59. The number of aryl methyl sites for hydroxylation is 1. The molecule has 1 aliphatic carbocycles. The first kappa shape index (κ1) is 24.6. The zero-order valence-corrected chi connectivity index (χ0v) is 21.8. The minimum absolute atomic E-state index is 0.0398. The number of hydrogen-bond donors (Lipinski definition) is 2. The molecule has 1 aromatic heterocycles. The van der Waals surface area contributed by atoms with Crippen LogP contribution in [0.25, 0.3) is 0 Å². The Balaban J connectivity index is 1.54. The second-order valence-corrected chi connectivity index (χ2v) is 9.89. The third-order valence-electron chi connectivity index (χ3n) is 7.39. The Labute approximate surface area is 227 Å². The number of amides is 2. The van der Waals surface area contributed by atoms with E-state index < -0.39 is 6.04 Å². The molecule has 39 heavy (non-hydrogen) atoms. The predicted molar refractivity (Wildman–Crippen MR) is 151 cm³/mol. The van der Waals surface area contributed by atoms with Crippen LogP contribution in [0.4, 0.5) is 21.9 Å². The lowest BCUT2D eigenvalue weighted by molar-refractivity contribution is -0.116. The lowest BCUT2D eigenvalue weighted by Gasteiger charge is -2.35. The van der Waals surface area contributed by atoms with Crippen molar-refractivity contribution < 1.29 is 18.7 Å². The Hall–Kier alpha value is -4.78. The molecule has 0 radical (unpaired) electrons. The van der Waals surface area contributed by atoms with Crippen LogP contribution < -0.4 is 20.3 Å². The summed E-state index contributed by atoms with van der Waals surface area (Å²) in [7, 11) is 1.60. The quantitative estimate of drug-likeness (QED) is 0.298. The van der Waals surface area contributed by atoms with E-state index in [0.29, 0.717) is 29.1 Å². The molecule has 0 saturated heterocycles. The third kappa shape index (κ3) is 4.56. The number of ether oxygens (including phenoxy) is 1. The van der Waals surface area contributed by atoms with E-state index in [1.54, 1.807) is 18.3 Å². The molecule has 7 heteroatoms. The Bertz CT molecular complexity index is 1560. The molecule has 7 nitrogen and oxygen atoms in total. The van der Waals surface area contributed by atoms with Gasteiger partial charge < -0.3 is 19.8 Å². The maximum atomic E-state index is 14.2. The molecule has 2 aliphatic rings. The van der Waals surface area contributed by atoms with Gasteiger partial charge in [0.25, 0.3) is 0 Å². The van der Waals surface area contributed by atoms with E-state index in [9.17, 15) is 9.59 Å². The molecule has 0 spiro atoms. The van der Waals surface area contributed by atoms with Crippen molar-refractivity contribution in [3.63, 3.8) is 0 Å². The van der Waals surface area contributed by atoms with Gasteiger partial charge in [0.2, 0.25) is 0 Å². The van der Waals surface area contributed by atoms with E-state index in [2.05, 4.69) is 10.6 Å². The number of nitrogens with zero attached hydrogens (tertiary/aromatic N) is 1. The van der Waals surface area contributed by atoms with Gasteiger partial charge in [0.15, 0.2) is 5.78 Å². The minimum Gasteiger partial charge on any atom is -0.496 e. The maximum absolute atomic E-state index is 14.2. The number of ketones is 1. The smallest absolute Gasteiger partial charge is 0.327 e. The number of para-hydroxylation sites is 3. The van der Waals surface area contributed by atoms with Crippen LogP contribution >= 0.6 is 0 Å². The number of hydrogen-bond acceptors (Lipinski definition) is 5. The van der Waals surface area contributed by atoms with Crippen LogP contribution in [-0.4, -0.2) is 18.9 Å².